The fourth-order valence-electron chi connectivity index (χ4n) is 3.54. The minimum atomic E-state index is -0.145. The van der Waals surface area contributed by atoms with Crippen molar-refractivity contribution in [1.82, 2.24) is 5.32 Å². The number of Topliss-reactive ketones (excluding diaryl/α,β-unsaturated/α-hetero) is 1. The summed E-state index contributed by atoms with van der Waals surface area (Å²) in [6.45, 7) is 2.51. The number of hydrogen-bond donors (Lipinski definition) is 1. The smallest absolute Gasteiger partial charge is 0.251 e. The average molecular weight is 321 g/mol. The second-order valence-corrected chi connectivity index (χ2v) is 6.68. The first kappa shape index (κ1) is 16.4. The molecule has 0 unspecified atom stereocenters. The first-order valence-electron chi connectivity index (χ1n) is 8.52. The third-order valence-corrected chi connectivity index (χ3v) is 5.13. The second-order valence-electron chi connectivity index (χ2n) is 6.68. The van der Waals surface area contributed by atoms with E-state index in [1.807, 2.05) is 49.4 Å². The van der Waals surface area contributed by atoms with Gasteiger partial charge in [0.15, 0.2) is 0 Å². The van der Waals surface area contributed by atoms with E-state index >= 15 is 0 Å². The van der Waals surface area contributed by atoms with Crippen LogP contribution in [0.5, 0.6) is 0 Å². The van der Waals surface area contributed by atoms with E-state index in [1.165, 1.54) is 5.56 Å². The third-order valence-electron chi connectivity index (χ3n) is 5.13. The molecule has 1 amide bonds. The molecule has 124 valence electrons. The molecule has 0 aliphatic heterocycles. The Morgan fingerprint density at radius 3 is 2.29 bits per heavy atom. The van der Waals surface area contributed by atoms with E-state index < -0.39 is 0 Å². The second kappa shape index (κ2) is 7.00. The van der Waals surface area contributed by atoms with Gasteiger partial charge in [0.25, 0.3) is 5.91 Å². The molecule has 1 saturated carbocycles. The van der Waals surface area contributed by atoms with Gasteiger partial charge in [0.1, 0.15) is 5.78 Å². The van der Waals surface area contributed by atoms with Crippen LogP contribution in [0.25, 0.3) is 0 Å². The molecule has 24 heavy (non-hydrogen) atoms. The molecular formula is C21H23NO2. The lowest BCUT2D eigenvalue weighted by Crippen LogP contribution is -2.43. The molecule has 0 spiro atoms. The van der Waals surface area contributed by atoms with Crippen LogP contribution < -0.4 is 5.32 Å². The van der Waals surface area contributed by atoms with Gasteiger partial charge in [0, 0.05) is 30.4 Å². The maximum atomic E-state index is 12.6. The van der Waals surface area contributed by atoms with Crippen LogP contribution in [0.1, 0.15) is 47.2 Å². The summed E-state index contributed by atoms with van der Waals surface area (Å²) in [5.41, 5.74) is 2.76. The van der Waals surface area contributed by atoms with Crippen molar-refractivity contribution in [2.45, 2.75) is 38.0 Å². The summed E-state index contributed by atoms with van der Waals surface area (Å²) in [5.74, 6) is 0.284. The Morgan fingerprint density at radius 1 is 1.00 bits per heavy atom. The van der Waals surface area contributed by atoms with Gasteiger partial charge in [0.2, 0.25) is 0 Å². The number of ketones is 1. The molecule has 2 aromatic rings. The summed E-state index contributed by atoms with van der Waals surface area (Å²) in [7, 11) is 0. The van der Waals surface area contributed by atoms with Gasteiger partial charge < -0.3 is 5.32 Å². The number of nitrogens with one attached hydrogen (secondary N) is 1. The molecule has 2 aromatic carbocycles. The Balaban J connectivity index is 1.79. The maximum Gasteiger partial charge on any atom is 0.251 e. The van der Waals surface area contributed by atoms with Crippen LogP contribution in [0.3, 0.4) is 0 Å². The van der Waals surface area contributed by atoms with Crippen molar-refractivity contribution in [1.29, 1.82) is 0 Å². The zero-order valence-corrected chi connectivity index (χ0v) is 14.0. The van der Waals surface area contributed by atoms with Crippen molar-refractivity contribution >= 4 is 11.7 Å². The Hall–Kier alpha value is -2.42. The van der Waals surface area contributed by atoms with E-state index in [-0.39, 0.29) is 11.3 Å². The standard InChI is InChI=1S/C21H23NO2/c1-16-7-5-6-10-19(16)20(24)22-15-21(13-11-18(23)12-14-21)17-8-3-2-4-9-17/h2-10H,11-15H2,1H3,(H,22,24). The summed E-state index contributed by atoms with van der Waals surface area (Å²) >= 11 is 0. The molecule has 3 nitrogen and oxygen atoms in total. The van der Waals surface area contributed by atoms with Crippen LogP contribution in [0, 0.1) is 6.92 Å². The summed E-state index contributed by atoms with van der Waals surface area (Å²) in [6.07, 6.45) is 2.78. The lowest BCUT2D eigenvalue weighted by molar-refractivity contribution is -0.121. The van der Waals surface area contributed by atoms with Gasteiger partial charge in [0.05, 0.1) is 0 Å². The summed E-state index contributed by atoms with van der Waals surface area (Å²) < 4.78 is 0. The number of carbonyl (C=O) groups excluding carboxylic acids is 2. The van der Waals surface area contributed by atoms with Crippen LogP contribution >= 0.6 is 0 Å². The molecular weight excluding hydrogens is 298 g/mol. The average Bonchev–Trinajstić information content (AvgIpc) is 2.62. The van der Waals surface area contributed by atoms with Gasteiger partial charge in [-0.3, -0.25) is 9.59 Å². The number of benzene rings is 2. The molecule has 1 N–H and O–H groups in total. The van der Waals surface area contributed by atoms with Gasteiger partial charge in [-0.05, 0) is 37.0 Å². The summed E-state index contributed by atoms with van der Waals surface area (Å²) in [6, 6.07) is 17.9. The van der Waals surface area contributed by atoms with Crippen LogP contribution in [0.15, 0.2) is 54.6 Å². The monoisotopic (exact) mass is 321 g/mol. The van der Waals surface area contributed by atoms with E-state index in [1.54, 1.807) is 0 Å². The molecule has 1 aliphatic carbocycles. The minimum Gasteiger partial charge on any atom is -0.351 e. The van der Waals surface area contributed by atoms with Crippen LogP contribution in [-0.2, 0) is 10.2 Å². The highest BCUT2D eigenvalue weighted by molar-refractivity contribution is 5.95. The minimum absolute atomic E-state index is 0.0414. The maximum absolute atomic E-state index is 12.6. The zero-order chi connectivity index (χ0) is 17.0. The van der Waals surface area contributed by atoms with Crippen molar-refractivity contribution in [2.75, 3.05) is 6.54 Å². The number of carbonyl (C=O) groups is 2. The number of rotatable bonds is 4. The van der Waals surface area contributed by atoms with Crippen LogP contribution in [-0.4, -0.2) is 18.2 Å². The predicted octanol–water partition coefficient (Wildman–Crippen LogP) is 3.81. The fraction of sp³-hybridized carbons (Fsp3) is 0.333. The van der Waals surface area contributed by atoms with Crippen molar-refractivity contribution < 1.29 is 9.59 Å². The quantitative estimate of drug-likeness (QED) is 0.931. The van der Waals surface area contributed by atoms with Gasteiger partial charge in [-0.25, -0.2) is 0 Å². The fourth-order valence-corrected chi connectivity index (χ4v) is 3.54. The topological polar surface area (TPSA) is 46.2 Å². The van der Waals surface area contributed by atoms with Crippen LogP contribution in [0.4, 0.5) is 0 Å². The zero-order valence-electron chi connectivity index (χ0n) is 14.0. The Kier molecular flexibility index (Phi) is 4.79. The molecule has 0 aromatic heterocycles. The summed E-state index contributed by atoms with van der Waals surface area (Å²) in [4.78, 5) is 24.3. The molecule has 0 saturated heterocycles. The van der Waals surface area contributed by atoms with Gasteiger partial charge >= 0.3 is 0 Å². The first-order chi connectivity index (χ1) is 11.6. The normalized spacial score (nSPS) is 16.6. The molecule has 1 fully saturated rings. The Labute approximate surface area is 143 Å². The van der Waals surface area contributed by atoms with Crippen LogP contribution in [0.2, 0.25) is 0 Å². The van der Waals surface area contributed by atoms with E-state index in [9.17, 15) is 9.59 Å². The van der Waals surface area contributed by atoms with Crippen molar-refractivity contribution in [3.63, 3.8) is 0 Å². The molecule has 0 atom stereocenters. The van der Waals surface area contributed by atoms with Gasteiger partial charge in [-0.15, -0.1) is 0 Å². The largest absolute Gasteiger partial charge is 0.351 e. The number of hydrogen-bond acceptors (Lipinski definition) is 2. The molecule has 3 heteroatoms. The Morgan fingerprint density at radius 2 is 1.62 bits per heavy atom. The SMILES string of the molecule is Cc1ccccc1C(=O)NCC1(c2ccccc2)CCC(=O)CC1. The van der Waals surface area contributed by atoms with E-state index in [0.717, 1.165) is 18.4 Å². The van der Waals surface area contributed by atoms with E-state index in [4.69, 9.17) is 0 Å². The lowest BCUT2D eigenvalue weighted by Gasteiger charge is -2.37. The molecule has 0 heterocycles. The van der Waals surface area contributed by atoms with E-state index in [2.05, 4.69) is 17.4 Å². The van der Waals surface area contributed by atoms with Gasteiger partial charge in [-0.1, -0.05) is 48.5 Å². The molecule has 1 aliphatic rings. The number of aryl methyl sites for hydroxylation is 1. The van der Waals surface area contributed by atoms with E-state index in [0.29, 0.717) is 30.7 Å². The third kappa shape index (κ3) is 3.40. The van der Waals surface area contributed by atoms with Crippen molar-refractivity contribution in [2.24, 2.45) is 0 Å². The van der Waals surface area contributed by atoms with Crippen molar-refractivity contribution in [3.05, 3.63) is 71.3 Å². The van der Waals surface area contributed by atoms with Gasteiger partial charge in [-0.2, -0.15) is 0 Å². The van der Waals surface area contributed by atoms with Crippen molar-refractivity contribution in [3.8, 4) is 0 Å². The number of amides is 1. The molecule has 0 radical (unpaired) electrons. The first-order valence-corrected chi connectivity index (χ1v) is 8.52. The Bertz CT molecular complexity index is 727. The molecule has 3 rings (SSSR count). The molecule has 0 bridgehead atoms. The highest BCUT2D eigenvalue weighted by Gasteiger charge is 2.36. The lowest BCUT2D eigenvalue weighted by atomic mass is 9.69. The summed E-state index contributed by atoms with van der Waals surface area (Å²) in [5, 5.41) is 3.11. The highest BCUT2D eigenvalue weighted by Crippen LogP contribution is 2.37. The highest BCUT2D eigenvalue weighted by atomic mass is 16.1. The predicted molar refractivity (Wildman–Crippen MR) is 95.1 cm³/mol.